The van der Waals surface area contributed by atoms with Crippen LogP contribution in [0, 0.1) is 5.92 Å². The topological polar surface area (TPSA) is 65.0 Å². The van der Waals surface area contributed by atoms with Crippen molar-refractivity contribution in [3.05, 3.63) is 47.5 Å². The average molecular weight is 443 g/mol. The van der Waals surface area contributed by atoms with Gasteiger partial charge >= 0.3 is 0 Å². The summed E-state index contributed by atoms with van der Waals surface area (Å²) in [5.74, 6) is 1.92. The van der Waals surface area contributed by atoms with Crippen molar-refractivity contribution in [2.24, 2.45) is 5.92 Å². The molecule has 0 radical (unpaired) electrons. The van der Waals surface area contributed by atoms with E-state index in [9.17, 15) is 9.90 Å². The Bertz CT molecular complexity index is 942. The molecule has 1 atom stereocenters. The summed E-state index contributed by atoms with van der Waals surface area (Å²) in [6, 6.07) is 10.9. The number of ketones is 1. The van der Waals surface area contributed by atoms with Crippen LogP contribution >= 0.6 is 0 Å². The minimum Gasteiger partial charge on any atom is -0.543 e. The van der Waals surface area contributed by atoms with E-state index in [0.717, 1.165) is 11.3 Å². The summed E-state index contributed by atoms with van der Waals surface area (Å²) < 4.78 is 18.2. The fourth-order valence-corrected chi connectivity index (χ4v) is 4.16. The van der Waals surface area contributed by atoms with Crippen molar-refractivity contribution in [2.75, 3.05) is 6.61 Å². The first-order chi connectivity index (χ1) is 14.4. The Morgan fingerprint density at radius 3 is 2.35 bits per heavy atom. The third-order valence-corrected chi connectivity index (χ3v) is 10.3. The number of phenolic OH excluding ortho intramolecular Hbond substituents is 1. The van der Waals surface area contributed by atoms with Gasteiger partial charge in [0.05, 0.1) is 13.0 Å². The van der Waals surface area contributed by atoms with Crippen LogP contribution in [0.1, 0.15) is 63.1 Å². The minimum absolute atomic E-state index is 0.0110. The summed E-state index contributed by atoms with van der Waals surface area (Å²) in [6.07, 6.45) is -0.239. The van der Waals surface area contributed by atoms with Gasteiger partial charge in [0.1, 0.15) is 34.7 Å². The summed E-state index contributed by atoms with van der Waals surface area (Å²) in [4.78, 5) is 12.8. The van der Waals surface area contributed by atoms with Gasteiger partial charge < -0.3 is 19.0 Å². The molecule has 1 unspecified atom stereocenters. The number of benzene rings is 2. The van der Waals surface area contributed by atoms with Crippen LogP contribution in [-0.2, 0) is 0 Å². The first-order valence-corrected chi connectivity index (χ1v) is 13.8. The van der Waals surface area contributed by atoms with Crippen molar-refractivity contribution in [1.82, 2.24) is 0 Å². The molecule has 3 rings (SSSR count). The number of Topliss-reactive ketones (excluding diaryl/α,β-unsaturated/α-hetero) is 1. The number of carbonyl (C=O) groups is 1. The van der Waals surface area contributed by atoms with Gasteiger partial charge in [-0.3, -0.25) is 4.79 Å². The predicted molar refractivity (Wildman–Crippen MR) is 125 cm³/mol. The fraction of sp³-hybridized carbons (Fsp3) is 0.480. The molecule has 31 heavy (non-hydrogen) atoms. The van der Waals surface area contributed by atoms with E-state index < -0.39 is 14.4 Å². The normalized spacial score (nSPS) is 16.6. The average Bonchev–Trinajstić information content (AvgIpc) is 2.64. The van der Waals surface area contributed by atoms with E-state index >= 15 is 0 Å². The molecule has 168 valence electrons. The third kappa shape index (κ3) is 5.24. The number of rotatable bonds is 6. The van der Waals surface area contributed by atoms with Crippen molar-refractivity contribution in [2.45, 2.75) is 65.3 Å². The Hall–Kier alpha value is -2.47. The third-order valence-electron chi connectivity index (χ3n) is 5.99. The standard InChI is InChI=1S/C25H34O5Si/c1-16(2)15-28-18-10-8-17(9-11-18)22-14-21(27)24-20(26)12-19(13-23(24)29-22)30-31(6,7)25(3,4)5/h8-13,16,22,26H,14-15H2,1-7H3. The van der Waals surface area contributed by atoms with Crippen molar-refractivity contribution in [3.63, 3.8) is 0 Å². The Morgan fingerprint density at radius 2 is 1.77 bits per heavy atom. The molecule has 1 aliphatic heterocycles. The minimum atomic E-state index is -2.10. The molecule has 0 bridgehead atoms. The van der Waals surface area contributed by atoms with Crippen LogP contribution in [-0.4, -0.2) is 25.8 Å². The second-order valence-electron chi connectivity index (χ2n) is 10.2. The molecule has 0 spiro atoms. The predicted octanol–water partition coefficient (Wildman–Crippen LogP) is 6.52. The second-order valence-corrected chi connectivity index (χ2v) is 14.9. The molecule has 0 aromatic heterocycles. The highest BCUT2D eigenvalue weighted by Crippen LogP contribution is 2.44. The molecule has 0 amide bonds. The Morgan fingerprint density at radius 1 is 1.13 bits per heavy atom. The lowest BCUT2D eigenvalue weighted by Crippen LogP contribution is -2.43. The van der Waals surface area contributed by atoms with Gasteiger partial charge in [-0.2, -0.15) is 0 Å². The molecule has 6 heteroatoms. The smallest absolute Gasteiger partial charge is 0.250 e. The van der Waals surface area contributed by atoms with E-state index in [-0.39, 0.29) is 28.6 Å². The quantitative estimate of drug-likeness (QED) is 0.516. The summed E-state index contributed by atoms with van der Waals surface area (Å²) in [6.45, 7) is 15.6. The van der Waals surface area contributed by atoms with Gasteiger partial charge in [-0.05, 0) is 41.7 Å². The number of phenols is 1. The first kappa shape index (κ1) is 23.2. The summed E-state index contributed by atoms with van der Waals surface area (Å²) in [5, 5.41) is 10.5. The van der Waals surface area contributed by atoms with Crippen LogP contribution in [0.25, 0.3) is 0 Å². The Kier molecular flexibility index (Phi) is 6.42. The molecule has 2 aromatic rings. The van der Waals surface area contributed by atoms with E-state index in [0.29, 0.717) is 24.0 Å². The van der Waals surface area contributed by atoms with Crippen LogP contribution in [0.4, 0.5) is 0 Å². The molecule has 5 nitrogen and oxygen atoms in total. The van der Waals surface area contributed by atoms with Crippen molar-refractivity contribution < 1.29 is 23.8 Å². The number of fused-ring (bicyclic) bond motifs is 1. The largest absolute Gasteiger partial charge is 0.543 e. The number of aromatic hydroxyl groups is 1. The van der Waals surface area contributed by atoms with Crippen molar-refractivity contribution in [1.29, 1.82) is 0 Å². The number of hydrogen-bond acceptors (Lipinski definition) is 5. The zero-order valence-corrected chi connectivity index (χ0v) is 20.6. The molecule has 0 aliphatic carbocycles. The highest BCUT2D eigenvalue weighted by atomic mass is 28.4. The maximum absolute atomic E-state index is 12.8. The SMILES string of the molecule is CC(C)COc1ccc(C2CC(=O)c3c(O)cc(O[Si](C)(C)C(C)(C)C)cc3O2)cc1. The summed E-state index contributed by atoms with van der Waals surface area (Å²) in [5.41, 5.74) is 1.13. The van der Waals surface area contributed by atoms with Crippen LogP contribution in [0.5, 0.6) is 23.0 Å². The van der Waals surface area contributed by atoms with Crippen LogP contribution in [0.3, 0.4) is 0 Å². The maximum atomic E-state index is 12.8. The summed E-state index contributed by atoms with van der Waals surface area (Å²) in [7, 11) is -2.10. The molecule has 1 aliphatic rings. The maximum Gasteiger partial charge on any atom is 0.250 e. The molecule has 2 aromatic carbocycles. The Labute approximate surface area is 186 Å². The molecule has 0 fully saturated rings. The number of carbonyl (C=O) groups excluding carboxylic acids is 1. The Balaban J connectivity index is 1.83. The highest BCUT2D eigenvalue weighted by Gasteiger charge is 2.40. The van der Waals surface area contributed by atoms with Crippen molar-refractivity contribution in [3.8, 4) is 23.0 Å². The van der Waals surface area contributed by atoms with Gasteiger partial charge in [0.2, 0.25) is 8.32 Å². The van der Waals surface area contributed by atoms with Gasteiger partial charge in [-0.15, -0.1) is 0 Å². The lowest BCUT2D eigenvalue weighted by Gasteiger charge is -2.37. The molecule has 1 heterocycles. The van der Waals surface area contributed by atoms with Gasteiger partial charge in [-0.25, -0.2) is 0 Å². The van der Waals surface area contributed by atoms with Gasteiger partial charge in [-0.1, -0.05) is 46.8 Å². The monoisotopic (exact) mass is 442 g/mol. The molecular formula is C25H34O5Si. The van der Waals surface area contributed by atoms with E-state index in [4.69, 9.17) is 13.9 Å². The lowest BCUT2D eigenvalue weighted by molar-refractivity contribution is 0.0845. The van der Waals surface area contributed by atoms with E-state index in [1.807, 2.05) is 24.3 Å². The zero-order chi connectivity index (χ0) is 23.0. The zero-order valence-electron chi connectivity index (χ0n) is 19.6. The lowest BCUT2D eigenvalue weighted by atomic mass is 9.95. The second kappa shape index (κ2) is 8.58. The summed E-state index contributed by atoms with van der Waals surface area (Å²) >= 11 is 0. The molecule has 0 saturated carbocycles. The molecule has 0 saturated heterocycles. The molecular weight excluding hydrogens is 408 g/mol. The first-order valence-electron chi connectivity index (χ1n) is 10.9. The van der Waals surface area contributed by atoms with Crippen LogP contribution in [0.15, 0.2) is 36.4 Å². The highest BCUT2D eigenvalue weighted by molar-refractivity contribution is 6.74. The van der Waals surface area contributed by atoms with Gasteiger partial charge in [0.15, 0.2) is 5.78 Å². The van der Waals surface area contributed by atoms with Crippen molar-refractivity contribution >= 4 is 14.1 Å². The number of hydrogen-bond donors (Lipinski definition) is 1. The molecule has 1 N–H and O–H groups in total. The fourth-order valence-electron chi connectivity index (χ4n) is 3.15. The van der Waals surface area contributed by atoms with Crippen LogP contribution < -0.4 is 13.9 Å². The van der Waals surface area contributed by atoms with Gasteiger partial charge in [0.25, 0.3) is 0 Å². The van der Waals surface area contributed by atoms with Gasteiger partial charge in [0, 0.05) is 12.1 Å². The van der Waals surface area contributed by atoms with Crippen LogP contribution in [0.2, 0.25) is 18.1 Å². The number of ether oxygens (including phenoxy) is 2. The van der Waals surface area contributed by atoms with E-state index in [1.165, 1.54) is 6.07 Å². The van der Waals surface area contributed by atoms with E-state index in [1.54, 1.807) is 6.07 Å². The van der Waals surface area contributed by atoms with E-state index in [2.05, 4.69) is 47.7 Å².